The summed E-state index contributed by atoms with van der Waals surface area (Å²) in [5.41, 5.74) is 13.1. The van der Waals surface area contributed by atoms with Crippen LogP contribution in [-0.2, 0) is 14.4 Å². The fourth-order valence-electron chi connectivity index (χ4n) is 3.76. The highest BCUT2D eigenvalue weighted by atomic mass is 19.4. The minimum atomic E-state index is -5.08. The van der Waals surface area contributed by atoms with Crippen LogP contribution in [0.2, 0.25) is 0 Å². The van der Waals surface area contributed by atoms with E-state index in [0.29, 0.717) is 34.1 Å². The molecule has 2 amide bonds. The van der Waals surface area contributed by atoms with E-state index in [1.54, 1.807) is 42.5 Å². The van der Waals surface area contributed by atoms with Crippen molar-refractivity contribution in [1.29, 1.82) is 0 Å². The molecule has 6 N–H and O–H groups in total. The number of benzene rings is 3. The van der Waals surface area contributed by atoms with E-state index in [4.69, 9.17) is 25.1 Å². The van der Waals surface area contributed by atoms with Crippen LogP contribution >= 0.6 is 0 Å². The van der Waals surface area contributed by atoms with Crippen molar-refractivity contribution in [3.63, 3.8) is 0 Å². The quantitative estimate of drug-likeness (QED) is 0.246. The predicted molar refractivity (Wildman–Crippen MR) is 157 cm³/mol. The summed E-state index contributed by atoms with van der Waals surface area (Å²) in [5, 5.41) is 10.3. The number of alkyl halides is 3. The van der Waals surface area contributed by atoms with Gasteiger partial charge >= 0.3 is 17.8 Å². The Morgan fingerprint density at radius 3 is 2.37 bits per heavy atom. The van der Waals surface area contributed by atoms with Gasteiger partial charge in [0.25, 0.3) is 16.7 Å². The van der Waals surface area contributed by atoms with E-state index in [-0.39, 0.29) is 29.0 Å². The van der Waals surface area contributed by atoms with E-state index < -0.39 is 30.0 Å². The normalized spacial score (nSPS) is 15.0. The lowest BCUT2D eigenvalue weighted by Crippen LogP contribution is -2.45. The molecule has 2 aliphatic heterocycles. The molecular formula is C29H30F3N6O8+. The number of carbonyl (C=O) groups is 3. The summed E-state index contributed by atoms with van der Waals surface area (Å²) in [6, 6.07) is 17.1. The maximum Gasteiger partial charge on any atom is 0.490 e. The number of hydrazine groups is 1. The van der Waals surface area contributed by atoms with Gasteiger partial charge in [-0.3, -0.25) is 20.4 Å². The smallest absolute Gasteiger partial charge is 0.487 e. The first-order valence-corrected chi connectivity index (χ1v) is 13.3. The van der Waals surface area contributed by atoms with Crippen molar-refractivity contribution in [1.82, 2.24) is 10.9 Å². The molecule has 0 fully saturated rings. The van der Waals surface area contributed by atoms with Crippen molar-refractivity contribution in [2.45, 2.75) is 32.2 Å². The molecule has 5 rings (SSSR count). The number of anilines is 1. The van der Waals surface area contributed by atoms with Crippen molar-refractivity contribution in [2.24, 2.45) is 10.7 Å². The molecule has 0 aliphatic carbocycles. The lowest BCUT2D eigenvalue weighted by Gasteiger charge is -2.22. The number of fused-ring (bicyclic) bond motifs is 5. The number of carbonyl (C=O) groups excluding carboxylic acids is 2. The topological polar surface area (TPSA) is 194 Å². The molecule has 0 spiro atoms. The molecule has 2 heterocycles. The van der Waals surface area contributed by atoms with Crippen molar-refractivity contribution >= 4 is 35.0 Å². The van der Waals surface area contributed by atoms with E-state index in [2.05, 4.69) is 26.0 Å². The van der Waals surface area contributed by atoms with E-state index in [9.17, 15) is 27.7 Å². The molecule has 1 unspecified atom stereocenters. The summed E-state index contributed by atoms with van der Waals surface area (Å²) >= 11 is 0. The molecule has 3 aromatic rings. The molecule has 2 aliphatic rings. The maximum atomic E-state index is 13.4. The van der Waals surface area contributed by atoms with Crippen LogP contribution in [-0.4, -0.2) is 59.8 Å². The molecule has 244 valence electrons. The molecule has 0 radical (unpaired) electrons. The number of hydrogen-bond acceptors (Lipinski definition) is 10. The van der Waals surface area contributed by atoms with Gasteiger partial charge in [-0.05, 0) is 61.9 Å². The van der Waals surface area contributed by atoms with E-state index in [1.165, 1.54) is 31.4 Å². The highest BCUT2D eigenvalue weighted by molar-refractivity contribution is 5.98. The number of aliphatic imine (C=N–C) groups is 1. The van der Waals surface area contributed by atoms with Gasteiger partial charge in [0, 0.05) is 28.9 Å². The Hall–Kier alpha value is -5.87. The third-order valence-corrected chi connectivity index (χ3v) is 5.90. The Morgan fingerprint density at radius 1 is 1.09 bits per heavy atom. The zero-order chi connectivity index (χ0) is 34.0. The number of halogens is 3. The van der Waals surface area contributed by atoms with Crippen LogP contribution in [0.3, 0.4) is 0 Å². The Kier molecular flexibility index (Phi) is 11.5. The van der Waals surface area contributed by atoms with Crippen LogP contribution < -0.4 is 31.4 Å². The average molecular weight is 648 g/mol. The summed E-state index contributed by atoms with van der Waals surface area (Å²) in [7, 11) is 1.21. The highest BCUT2D eigenvalue weighted by Gasteiger charge is 2.38. The number of amides is 2. The van der Waals surface area contributed by atoms with Gasteiger partial charge in [-0.15, -0.1) is 0 Å². The van der Waals surface area contributed by atoms with Crippen LogP contribution in [0.4, 0.5) is 24.5 Å². The van der Waals surface area contributed by atoms with Gasteiger partial charge in [-0.1, -0.05) is 12.1 Å². The van der Waals surface area contributed by atoms with E-state index in [1.807, 2.05) is 13.8 Å². The SMILES string of the molecule is CO[N+](=O)c1cccc(C(=O)NNC(=O)C2Nc3ccc(cc3)/C(N)=N\COc3cc2ccc3OC(C)C)c1.O=C(O)C(F)(F)F. The molecule has 0 saturated carbocycles. The van der Waals surface area contributed by atoms with Gasteiger partial charge in [-0.2, -0.15) is 13.2 Å². The molecule has 0 saturated heterocycles. The number of rotatable bonds is 6. The number of hydrogen-bond donors (Lipinski definition) is 5. The summed E-state index contributed by atoms with van der Waals surface area (Å²) in [6.07, 6.45) is -5.20. The second-order valence-corrected chi connectivity index (χ2v) is 9.58. The van der Waals surface area contributed by atoms with Gasteiger partial charge in [0.1, 0.15) is 11.9 Å². The Bertz CT molecular complexity index is 1610. The molecule has 14 nitrogen and oxygen atoms in total. The summed E-state index contributed by atoms with van der Waals surface area (Å²) < 4.78 is 43.5. The molecule has 3 aromatic carbocycles. The first-order chi connectivity index (χ1) is 21.7. The first-order valence-electron chi connectivity index (χ1n) is 13.3. The van der Waals surface area contributed by atoms with Crippen molar-refractivity contribution in [2.75, 3.05) is 19.2 Å². The number of amidine groups is 1. The number of carboxylic acids is 1. The largest absolute Gasteiger partial charge is 0.490 e. The molecule has 1 atom stereocenters. The molecule has 4 bridgehead atoms. The second-order valence-electron chi connectivity index (χ2n) is 9.58. The number of nitrogens with two attached hydrogens (primary N) is 1. The lowest BCUT2D eigenvalue weighted by molar-refractivity contribution is -0.736. The van der Waals surface area contributed by atoms with Crippen molar-refractivity contribution in [3.05, 3.63) is 88.3 Å². The fraction of sp³-hybridized carbons (Fsp3) is 0.241. The average Bonchev–Trinajstić information content (AvgIpc) is 3.03. The molecule has 46 heavy (non-hydrogen) atoms. The Balaban J connectivity index is 0.000000738. The lowest BCUT2D eigenvalue weighted by atomic mass is 10.0. The summed E-state index contributed by atoms with van der Waals surface area (Å²) in [4.78, 5) is 55.9. The Morgan fingerprint density at radius 2 is 1.76 bits per heavy atom. The van der Waals surface area contributed by atoms with Crippen LogP contribution in [0, 0.1) is 4.91 Å². The minimum Gasteiger partial charge on any atom is -0.487 e. The number of ether oxygens (including phenoxy) is 2. The number of aliphatic carboxylic acids is 1. The second kappa shape index (κ2) is 15.2. The number of nitrogens with zero attached hydrogens (tertiary/aromatic N) is 2. The van der Waals surface area contributed by atoms with Crippen LogP contribution in [0.15, 0.2) is 71.7 Å². The third-order valence-electron chi connectivity index (χ3n) is 5.90. The van der Waals surface area contributed by atoms with Gasteiger partial charge in [-0.25, -0.2) is 14.6 Å². The number of carboxylic acid groups (broad SMARTS) is 1. The monoisotopic (exact) mass is 647 g/mol. The van der Waals surface area contributed by atoms with Gasteiger partial charge in [0.05, 0.1) is 11.0 Å². The van der Waals surface area contributed by atoms with Gasteiger partial charge in [0.2, 0.25) is 0 Å². The van der Waals surface area contributed by atoms with E-state index >= 15 is 0 Å². The van der Waals surface area contributed by atoms with Gasteiger partial charge in [0.15, 0.2) is 25.3 Å². The predicted octanol–water partition coefficient (Wildman–Crippen LogP) is 3.75. The summed E-state index contributed by atoms with van der Waals surface area (Å²) in [5.74, 6) is -2.78. The number of nitrogens with one attached hydrogen (secondary N) is 3. The molecule has 17 heteroatoms. The summed E-state index contributed by atoms with van der Waals surface area (Å²) in [6.45, 7) is 3.71. The van der Waals surface area contributed by atoms with Crippen LogP contribution in [0.5, 0.6) is 11.5 Å². The van der Waals surface area contributed by atoms with Crippen molar-refractivity contribution < 1.29 is 51.9 Å². The third kappa shape index (κ3) is 9.57. The minimum absolute atomic E-state index is 0.0607. The van der Waals surface area contributed by atoms with E-state index in [0.717, 1.165) is 0 Å². The Labute approximate surface area is 259 Å². The molecule has 0 aromatic heterocycles. The fourth-order valence-corrected chi connectivity index (χ4v) is 3.76. The van der Waals surface area contributed by atoms with Crippen LogP contribution in [0.1, 0.15) is 41.4 Å². The van der Waals surface area contributed by atoms with Crippen molar-refractivity contribution in [3.8, 4) is 11.5 Å². The first kappa shape index (κ1) is 34.6. The van der Waals surface area contributed by atoms with Crippen LogP contribution in [0.25, 0.3) is 0 Å². The highest BCUT2D eigenvalue weighted by Crippen LogP contribution is 2.33. The standard InChI is InChI=1S/C27H28N6O6.C2HF3O2/c1-16(2)39-22-12-9-18-14-23(22)38-15-29-25(28)17-7-10-20(11-8-17)30-24(18)27(35)32-31-26(34)19-5-4-6-21(13-19)33(36)37-3;3-2(4,5)1(6)7/h4-14,16,24H,15H2,1-3H3,(H4-,28,29,30,31,32,34,35);(H,6,7)/p+1. The zero-order valence-electron chi connectivity index (χ0n) is 24.6. The molecular weight excluding hydrogens is 617 g/mol. The van der Waals surface area contributed by atoms with Gasteiger partial charge < -0.3 is 25.6 Å². The zero-order valence-corrected chi connectivity index (χ0v) is 24.6. The maximum absolute atomic E-state index is 13.4.